The Balaban J connectivity index is 1.82. The molecule has 1 unspecified atom stereocenters. The molecular formula is C24H31ClN4O3. The summed E-state index contributed by atoms with van der Waals surface area (Å²) in [6, 6.07) is 13.4. The number of nitrogens with zero attached hydrogens (tertiary/aromatic N) is 2. The largest absolute Gasteiger partial charge is 0.495 e. The molecule has 1 fully saturated rings. The summed E-state index contributed by atoms with van der Waals surface area (Å²) >= 11 is 5.87. The van der Waals surface area contributed by atoms with E-state index in [2.05, 4.69) is 26.5 Å². The number of methoxy groups -OCH3 is 1. The molecule has 8 heteroatoms. The first-order valence-corrected chi connectivity index (χ1v) is 11.3. The maximum atomic E-state index is 13.0. The monoisotopic (exact) mass is 458 g/mol. The molecule has 0 spiro atoms. The molecule has 3 rings (SSSR count). The van der Waals surface area contributed by atoms with E-state index in [1.54, 1.807) is 20.1 Å². The number of rotatable bonds is 7. The van der Waals surface area contributed by atoms with E-state index in [0.717, 1.165) is 43.3 Å². The van der Waals surface area contributed by atoms with E-state index in [9.17, 15) is 9.59 Å². The minimum atomic E-state index is -0.661. The van der Waals surface area contributed by atoms with E-state index in [1.807, 2.05) is 44.2 Å². The lowest BCUT2D eigenvalue weighted by molar-refractivity contribution is -0.115. The van der Waals surface area contributed by atoms with Crippen LogP contribution in [0.25, 0.3) is 0 Å². The van der Waals surface area contributed by atoms with Gasteiger partial charge in [-0.1, -0.05) is 12.1 Å². The molecular weight excluding hydrogens is 428 g/mol. The van der Waals surface area contributed by atoms with Crippen molar-refractivity contribution in [2.24, 2.45) is 0 Å². The molecule has 2 aromatic rings. The molecule has 2 aromatic carbocycles. The Morgan fingerprint density at radius 1 is 0.969 bits per heavy atom. The Hall–Kier alpha value is -2.93. The number of anilines is 3. The van der Waals surface area contributed by atoms with Crippen molar-refractivity contribution >= 4 is 40.5 Å². The van der Waals surface area contributed by atoms with Crippen molar-refractivity contribution < 1.29 is 14.3 Å². The van der Waals surface area contributed by atoms with Gasteiger partial charge in [0.15, 0.2) is 0 Å². The highest BCUT2D eigenvalue weighted by Gasteiger charge is 2.24. The second kappa shape index (κ2) is 10.6. The van der Waals surface area contributed by atoms with E-state index in [0.29, 0.717) is 11.3 Å². The van der Waals surface area contributed by atoms with Gasteiger partial charge in [0, 0.05) is 43.6 Å². The average Bonchev–Trinajstić information content (AvgIpc) is 2.78. The van der Waals surface area contributed by atoms with Gasteiger partial charge in [-0.3, -0.25) is 9.59 Å². The lowest BCUT2D eigenvalue weighted by atomic mass is 10.1. The van der Waals surface area contributed by atoms with Crippen molar-refractivity contribution in [1.29, 1.82) is 0 Å². The molecule has 0 radical (unpaired) electrons. The summed E-state index contributed by atoms with van der Waals surface area (Å²) in [5.41, 5.74) is 3.00. The third kappa shape index (κ3) is 5.65. The van der Waals surface area contributed by atoms with Crippen molar-refractivity contribution in [1.82, 2.24) is 5.32 Å². The van der Waals surface area contributed by atoms with Crippen LogP contribution in [-0.4, -0.2) is 56.5 Å². The number of amides is 2. The zero-order valence-corrected chi connectivity index (χ0v) is 19.8. The number of carbonyl (C=O) groups is 2. The third-order valence-electron chi connectivity index (χ3n) is 5.34. The number of benzene rings is 2. The molecule has 2 amide bonds. The number of halogens is 1. The first kappa shape index (κ1) is 23.7. The zero-order valence-electron chi connectivity index (χ0n) is 19.0. The summed E-state index contributed by atoms with van der Waals surface area (Å²) < 4.78 is 5.51. The second-order valence-electron chi connectivity index (χ2n) is 8.11. The predicted octanol–water partition coefficient (Wildman–Crippen LogP) is 3.73. The van der Waals surface area contributed by atoms with Crippen molar-refractivity contribution in [3.05, 3.63) is 48.0 Å². The van der Waals surface area contributed by atoms with Gasteiger partial charge in [0.2, 0.25) is 5.91 Å². The van der Waals surface area contributed by atoms with E-state index in [-0.39, 0.29) is 17.9 Å². The standard InChI is InChI=1S/C24H31ClN4O3/c1-16(2)26-24(31)19-15-18(27-23(30)17(3)25)9-10-20(19)28-11-13-29(14-12-28)21-7-5-6-8-22(21)32-4/h5-10,15-17H,11-14H2,1-4H3,(H,26,31)(H,27,30). The van der Waals surface area contributed by atoms with Crippen LogP contribution < -0.4 is 25.2 Å². The van der Waals surface area contributed by atoms with Crippen LogP contribution in [0.2, 0.25) is 0 Å². The SMILES string of the molecule is COc1ccccc1N1CCN(c2ccc(NC(=O)C(C)Cl)cc2C(=O)NC(C)C)CC1. The Kier molecular flexibility index (Phi) is 7.85. The molecule has 1 saturated heterocycles. The molecule has 0 bridgehead atoms. The summed E-state index contributed by atoms with van der Waals surface area (Å²) in [5, 5.41) is 5.07. The molecule has 1 atom stereocenters. The molecule has 0 saturated carbocycles. The van der Waals surface area contributed by atoms with Crippen LogP contribution in [0.15, 0.2) is 42.5 Å². The smallest absolute Gasteiger partial charge is 0.253 e. The first-order valence-electron chi connectivity index (χ1n) is 10.8. The number of nitrogens with one attached hydrogen (secondary N) is 2. The number of carbonyl (C=O) groups excluding carboxylic acids is 2. The lowest BCUT2D eigenvalue weighted by Crippen LogP contribution is -2.47. The topological polar surface area (TPSA) is 73.9 Å². The molecule has 0 aromatic heterocycles. The Morgan fingerprint density at radius 3 is 2.19 bits per heavy atom. The van der Waals surface area contributed by atoms with E-state index < -0.39 is 5.38 Å². The van der Waals surface area contributed by atoms with Gasteiger partial charge >= 0.3 is 0 Å². The minimum absolute atomic E-state index is 0.00106. The molecule has 1 heterocycles. The van der Waals surface area contributed by atoms with Gasteiger partial charge in [-0.25, -0.2) is 0 Å². The zero-order chi connectivity index (χ0) is 23.3. The van der Waals surface area contributed by atoms with Crippen molar-refractivity contribution in [2.45, 2.75) is 32.2 Å². The van der Waals surface area contributed by atoms with Crippen LogP contribution in [0.1, 0.15) is 31.1 Å². The highest BCUT2D eigenvalue weighted by Crippen LogP contribution is 2.31. The summed E-state index contributed by atoms with van der Waals surface area (Å²) in [6.45, 7) is 8.56. The molecule has 7 nitrogen and oxygen atoms in total. The Bertz CT molecular complexity index is 956. The van der Waals surface area contributed by atoms with Gasteiger partial charge in [-0.15, -0.1) is 11.6 Å². The number of piperazine rings is 1. The van der Waals surface area contributed by atoms with Crippen LogP contribution in [0.5, 0.6) is 5.75 Å². The summed E-state index contributed by atoms with van der Waals surface area (Å²) in [7, 11) is 1.68. The Morgan fingerprint density at radius 2 is 1.59 bits per heavy atom. The maximum Gasteiger partial charge on any atom is 0.253 e. The highest BCUT2D eigenvalue weighted by atomic mass is 35.5. The summed E-state index contributed by atoms with van der Waals surface area (Å²) in [4.78, 5) is 29.5. The van der Waals surface area contributed by atoms with Gasteiger partial charge in [0.25, 0.3) is 5.91 Å². The van der Waals surface area contributed by atoms with E-state index in [1.165, 1.54) is 0 Å². The number of hydrogen-bond acceptors (Lipinski definition) is 5. The maximum absolute atomic E-state index is 13.0. The van der Waals surface area contributed by atoms with E-state index in [4.69, 9.17) is 16.3 Å². The lowest BCUT2D eigenvalue weighted by Gasteiger charge is -2.38. The number of para-hydroxylation sites is 2. The molecule has 2 N–H and O–H groups in total. The number of ether oxygens (including phenoxy) is 1. The fourth-order valence-electron chi connectivity index (χ4n) is 3.73. The fourth-order valence-corrected chi connectivity index (χ4v) is 3.79. The van der Waals surface area contributed by atoms with Gasteiger partial charge in [-0.2, -0.15) is 0 Å². The van der Waals surface area contributed by atoms with Crippen molar-refractivity contribution in [2.75, 3.05) is 48.4 Å². The fraction of sp³-hybridized carbons (Fsp3) is 0.417. The van der Waals surface area contributed by atoms with Gasteiger partial charge < -0.3 is 25.2 Å². The predicted molar refractivity (Wildman–Crippen MR) is 130 cm³/mol. The highest BCUT2D eigenvalue weighted by molar-refractivity contribution is 6.32. The van der Waals surface area contributed by atoms with Crippen LogP contribution in [0.4, 0.5) is 17.1 Å². The number of alkyl halides is 1. The quantitative estimate of drug-likeness (QED) is 0.618. The first-order chi connectivity index (χ1) is 15.3. The van der Waals surface area contributed by atoms with Crippen LogP contribution in [0.3, 0.4) is 0 Å². The van der Waals surface area contributed by atoms with Crippen molar-refractivity contribution in [3.63, 3.8) is 0 Å². The van der Waals surface area contributed by atoms with Gasteiger partial charge in [0.1, 0.15) is 11.1 Å². The average molecular weight is 459 g/mol. The van der Waals surface area contributed by atoms with Gasteiger partial charge in [0.05, 0.1) is 18.4 Å². The van der Waals surface area contributed by atoms with E-state index >= 15 is 0 Å². The molecule has 172 valence electrons. The Labute approximate surface area is 194 Å². The summed E-state index contributed by atoms with van der Waals surface area (Å²) in [5.74, 6) is 0.379. The van der Waals surface area contributed by atoms with Crippen LogP contribution in [-0.2, 0) is 4.79 Å². The van der Waals surface area contributed by atoms with Crippen molar-refractivity contribution in [3.8, 4) is 5.75 Å². The molecule has 1 aliphatic heterocycles. The van der Waals surface area contributed by atoms with Gasteiger partial charge in [-0.05, 0) is 51.1 Å². The molecule has 1 aliphatic rings. The van der Waals surface area contributed by atoms with Crippen LogP contribution >= 0.6 is 11.6 Å². The second-order valence-corrected chi connectivity index (χ2v) is 8.77. The molecule has 32 heavy (non-hydrogen) atoms. The molecule has 0 aliphatic carbocycles. The third-order valence-corrected chi connectivity index (χ3v) is 5.53. The minimum Gasteiger partial charge on any atom is -0.495 e. The van der Waals surface area contributed by atoms with Crippen LogP contribution in [0, 0.1) is 0 Å². The summed E-state index contributed by atoms with van der Waals surface area (Å²) in [6.07, 6.45) is 0. The number of hydrogen-bond donors (Lipinski definition) is 2. The normalized spacial score (nSPS) is 14.8.